The highest BCUT2D eigenvalue weighted by Gasteiger charge is 2.38. The van der Waals surface area contributed by atoms with Crippen molar-refractivity contribution in [3.8, 4) is 39.1 Å². The van der Waals surface area contributed by atoms with Gasteiger partial charge in [0.15, 0.2) is 0 Å². The Morgan fingerprint density at radius 1 is 0.407 bits per heavy atom. The van der Waals surface area contributed by atoms with Gasteiger partial charge in [-0.05, 0) is 117 Å². The van der Waals surface area contributed by atoms with Crippen LogP contribution in [-0.4, -0.2) is 4.57 Å². The van der Waals surface area contributed by atoms with Crippen LogP contribution in [0, 0.1) is 0 Å². The minimum Gasteiger partial charge on any atom is -0.456 e. The molecular formula is C51H33NO2. The van der Waals surface area contributed by atoms with Crippen LogP contribution in [0.2, 0.25) is 0 Å². The molecule has 3 heteroatoms. The first kappa shape index (κ1) is 29.7. The normalized spacial score (nSPS) is 13.5. The number of para-hydroxylation sites is 3. The van der Waals surface area contributed by atoms with E-state index in [-0.39, 0.29) is 5.41 Å². The van der Waals surface area contributed by atoms with Gasteiger partial charge in [0.25, 0.3) is 0 Å². The molecule has 0 atom stereocenters. The van der Waals surface area contributed by atoms with Crippen LogP contribution in [0.25, 0.3) is 105 Å². The van der Waals surface area contributed by atoms with Crippen molar-refractivity contribution in [2.45, 2.75) is 19.3 Å². The van der Waals surface area contributed by atoms with Crippen molar-refractivity contribution in [1.29, 1.82) is 0 Å². The molecule has 0 aliphatic heterocycles. The molecule has 0 bridgehead atoms. The molecule has 3 heterocycles. The predicted octanol–water partition coefficient (Wildman–Crippen LogP) is 14.2. The largest absolute Gasteiger partial charge is 0.456 e. The molecule has 11 aromatic rings. The van der Waals surface area contributed by atoms with Gasteiger partial charge in [0.2, 0.25) is 0 Å². The zero-order valence-corrected chi connectivity index (χ0v) is 29.9. The molecule has 12 rings (SSSR count). The molecule has 0 radical (unpaired) electrons. The van der Waals surface area contributed by atoms with Crippen molar-refractivity contribution in [2.24, 2.45) is 0 Å². The number of benzene rings is 8. The second kappa shape index (κ2) is 10.6. The van der Waals surface area contributed by atoms with E-state index in [0.717, 1.165) is 38.8 Å². The van der Waals surface area contributed by atoms with Gasteiger partial charge in [0, 0.05) is 43.4 Å². The fourth-order valence-electron chi connectivity index (χ4n) is 9.46. The van der Waals surface area contributed by atoms with Crippen LogP contribution in [-0.2, 0) is 5.41 Å². The maximum atomic E-state index is 6.34. The first-order valence-corrected chi connectivity index (χ1v) is 18.7. The van der Waals surface area contributed by atoms with Gasteiger partial charge < -0.3 is 13.4 Å². The number of hydrogen-bond acceptors (Lipinski definition) is 2. The van der Waals surface area contributed by atoms with Gasteiger partial charge in [-0.25, -0.2) is 0 Å². The van der Waals surface area contributed by atoms with E-state index in [1.807, 2.05) is 18.2 Å². The minimum atomic E-state index is -0.162. The maximum absolute atomic E-state index is 6.34. The molecule has 54 heavy (non-hydrogen) atoms. The van der Waals surface area contributed by atoms with Crippen molar-refractivity contribution >= 4 is 65.7 Å². The molecule has 0 amide bonds. The standard InChI is InChI=1S/C51H33NO2/c1-51(2)42-21-16-30(26-38(42)36-20-25-48-49(50(36)51)37-13-7-9-15-46(37)54-48)31-17-22-43-39(27-31)40-28-32(18-23-44(40)52(43)34-10-4-3-5-11-34)33-19-24-47-41(29-33)35-12-6-8-14-45(35)53-47/h3-29H,1-2H3. The van der Waals surface area contributed by atoms with E-state index < -0.39 is 0 Å². The lowest BCUT2D eigenvalue weighted by molar-refractivity contribution is 0.657. The Balaban J connectivity index is 1.05. The lowest BCUT2D eigenvalue weighted by Crippen LogP contribution is -2.15. The Hall–Kier alpha value is -6.84. The van der Waals surface area contributed by atoms with Gasteiger partial charge in [-0.3, -0.25) is 0 Å². The highest BCUT2D eigenvalue weighted by atomic mass is 16.3. The summed E-state index contributed by atoms with van der Waals surface area (Å²) in [5.74, 6) is 0. The van der Waals surface area contributed by atoms with Crippen LogP contribution in [0.15, 0.2) is 173 Å². The lowest BCUT2D eigenvalue weighted by Gasteiger charge is -2.22. The third-order valence-electron chi connectivity index (χ3n) is 12.0. The van der Waals surface area contributed by atoms with Crippen LogP contribution in [0.4, 0.5) is 0 Å². The molecule has 8 aromatic carbocycles. The summed E-state index contributed by atoms with van der Waals surface area (Å²) in [4.78, 5) is 0. The van der Waals surface area contributed by atoms with E-state index in [2.05, 4.69) is 164 Å². The van der Waals surface area contributed by atoms with E-state index in [1.54, 1.807) is 0 Å². The van der Waals surface area contributed by atoms with E-state index >= 15 is 0 Å². The number of fused-ring (bicyclic) bond motifs is 13. The monoisotopic (exact) mass is 691 g/mol. The summed E-state index contributed by atoms with van der Waals surface area (Å²) in [5, 5.41) is 7.16. The number of nitrogens with zero attached hydrogens (tertiary/aromatic N) is 1. The molecule has 3 nitrogen and oxygen atoms in total. The third-order valence-corrected chi connectivity index (χ3v) is 12.0. The molecular weight excluding hydrogens is 659 g/mol. The van der Waals surface area contributed by atoms with E-state index in [0.29, 0.717) is 0 Å². The van der Waals surface area contributed by atoms with Gasteiger partial charge in [0.05, 0.1) is 11.0 Å². The number of rotatable bonds is 3. The molecule has 1 aliphatic carbocycles. The van der Waals surface area contributed by atoms with Crippen molar-refractivity contribution < 1.29 is 8.83 Å². The smallest absolute Gasteiger partial charge is 0.135 e. The molecule has 0 saturated carbocycles. The van der Waals surface area contributed by atoms with E-state index in [9.17, 15) is 0 Å². The van der Waals surface area contributed by atoms with Crippen LogP contribution in [0.5, 0.6) is 0 Å². The molecule has 0 spiro atoms. The lowest BCUT2D eigenvalue weighted by atomic mass is 9.80. The fourth-order valence-corrected chi connectivity index (χ4v) is 9.46. The van der Waals surface area contributed by atoms with Gasteiger partial charge in [0.1, 0.15) is 22.3 Å². The quantitative estimate of drug-likeness (QED) is 0.185. The third kappa shape index (κ3) is 4.01. The second-order valence-electron chi connectivity index (χ2n) is 15.3. The Kier molecular flexibility index (Phi) is 5.84. The average molecular weight is 692 g/mol. The SMILES string of the molecule is CC1(C)c2ccc(-c3ccc4c(c3)c3cc(-c5ccc6oc7ccccc7c6c5)ccc3n4-c3ccccc3)cc2-c2ccc3oc4ccccc4c3c21. The van der Waals surface area contributed by atoms with Crippen LogP contribution in [0.3, 0.4) is 0 Å². The fraction of sp³-hybridized carbons (Fsp3) is 0.0588. The average Bonchev–Trinajstić information content (AvgIpc) is 3.94. The Labute approximate surface area is 311 Å². The molecule has 0 N–H and O–H groups in total. The van der Waals surface area contributed by atoms with Crippen molar-refractivity contribution in [2.75, 3.05) is 0 Å². The highest BCUT2D eigenvalue weighted by Crippen LogP contribution is 2.54. The number of furan rings is 2. The van der Waals surface area contributed by atoms with Gasteiger partial charge >= 0.3 is 0 Å². The highest BCUT2D eigenvalue weighted by molar-refractivity contribution is 6.13. The van der Waals surface area contributed by atoms with Crippen molar-refractivity contribution in [3.05, 3.63) is 175 Å². The van der Waals surface area contributed by atoms with Crippen LogP contribution >= 0.6 is 0 Å². The Morgan fingerprint density at radius 3 is 1.69 bits per heavy atom. The van der Waals surface area contributed by atoms with Crippen LogP contribution < -0.4 is 0 Å². The van der Waals surface area contributed by atoms with Crippen molar-refractivity contribution in [1.82, 2.24) is 4.57 Å². The van der Waals surface area contributed by atoms with Gasteiger partial charge in [-0.2, -0.15) is 0 Å². The number of hydrogen-bond donors (Lipinski definition) is 0. The summed E-state index contributed by atoms with van der Waals surface area (Å²) in [5.41, 5.74) is 17.2. The molecule has 0 saturated heterocycles. The molecule has 0 fully saturated rings. The van der Waals surface area contributed by atoms with Crippen LogP contribution in [0.1, 0.15) is 25.0 Å². The topological polar surface area (TPSA) is 31.2 Å². The van der Waals surface area contributed by atoms with Crippen molar-refractivity contribution in [3.63, 3.8) is 0 Å². The predicted molar refractivity (Wildman–Crippen MR) is 224 cm³/mol. The maximum Gasteiger partial charge on any atom is 0.135 e. The van der Waals surface area contributed by atoms with E-state index in [1.165, 1.54) is 77.1 Å². The molecule has 3 aromatic heterocycles. The summed E-state index contributed by atoms with van der Waals surface area (Å²) < 4.78 is 14.9. The molecule has 254 valence electrons. The number of aromatic nitrogens is 1. The van der Waals surface area contributed by atoms with Gasteiger partial charge in [-0.15, -0.1) is 0 Å². The Bertz CT molecular complexity index is 3350. The summed E-state index contributed by atoms with van der Waals surface area (Å²) >= 11 is 0. The van der Waals surface area contributed by atoms with Gasteiger partial charge in [-0.1, -0.05) is 105 Å². The first-order valence-electron chi connectivity index (χ1n) is 18.7. The first-order chi connectivity index (χ1) is 26.5. The summed E-state index contributed by atoms with van der Waals surface area (Å²) in [7, 11) is 0. The minimum absolute atomic E-state index is 0.162. The zero-order chi connectivity index (χ0) is 35.7. The van der Waals surface area contributed by atoms with E-state index in [4.69, 9.17) is 8.83 Å². The second-order valence-corrected chi connectivity index (χ2v) is 15.3. The summed E-state index contributed by atoms with van der Waals surface area (Å²) in [6, 6.07) is 59.3. The molecule has 0 unspecified atom stereocenters. The molecule has 1 aliphatic rings. The zero-order valence-electron chi connectivity index (χ0n) is 29.9. The Morgan fingerprint density at radius 2 is 0.944 bits per heavy atom. The summed E-state index contributed by atoms with van der Waals surface area (Å²) in [6.07, 6.45) is 0. The summed E-state index contributed by atoms with van der Waals surface area (Å²) in [6.45, 7) is 4.71.